The van der Waals surface area contributed by atoms with Gasteiger partial charge in [0.25, 0.3) is 11.8 Å². The van der Waals surface area contributed by atoms with Gasteiger partial charge in [-0.05, 0) is 40.6 Å². The number of fused-ring (bicyclic) bond motifs is 2. The Labute approximate surface area is 195 Å². The lowest BCUT2D eigenvalue weighted by Crippen LogP contribution is -2.52. The van der Waals surface area contributed by atoms with Gasteiger partial charge < -0.3 is 4.57 Å². The van der Waals surface area contributed by atoms with E-state index in [1.807, 2.05) is 42.6 Å². The number of urea groups is 1. The van der Waals surface area contributed by atoms with Crippen molar-refractivity contribution in [3.05, 3.63) is 88.6 Å². The number of imide groups is 2. The van der Waals surface area contributed by atoms with E-state index in [-0.39, 0.29) is 5.57 Å². The van der Waals surface area contributed by atoms with E-state index in [4.69, 9.17) is 11.6 Å². The Morgan fingerprint density at radius 2 is 1.55 bits per heavy atom. The summed E-state index contributed by atoms with van der Waals surface area (Å²) in [6.45, 7) is 0.600. The molecule has 2 heterocycles. The van der Waals surface area contributed by atoms with Crippen LogP contribution in [0.4, 0.5) is 4.79 Å². The van der Waals surface area contributed by atoms with Gasteiger partial charge in [-0.15, -0.1) is 0 Å². The zero-order chi connectivity index (χ0) is 23.3. The van der Waals surface area contributed by atoms with Gasteiger partial charge in [0.15, 0.2) is 0 Å². The van der Waals surface area contributed by atoms with Crippen LogP contribution in [-0.4, -0.2) is 46.3 Å². The van der Waals surface area contributed by atoms with Crippen LogP contribution in [0.1, 0.15) is 11.1 Å². The number of carbonyl (C=O) groups is 3. The highest BCUT2D eigenvalue weighted by molar-refractivity contribution is 6.32. The Morgan fingerprint density at radius 3 is 2.30 bits per heavy atom. The fraction of sp³-hybridized carbons (Fsp3) is 0.115. The molecule has 0 radical (unpaired) electrons. The molecule has 0 atom stereocenters. The van der Waals surface area contributed by atoms with Crippen LogP contribution in [0.3, 0.4) is 0 Å². The van der Waals surface area contributed by atoms with E-state index >= 15 is 0 Å². The summed E-state index contributed by atoms with van der Waals surface area (Å²) in [6, 6.07) is 19.3. The van der Waals surface area contributed by atoms with Crippen LogP contribution in [0.15, 0.2) is 72.4 Å². The number of hydrogen-bond acceptors (Lipinski definition) is 3. The monoisotopic (exact) mass is 457 g/mol. The van der Waals surface area contributed by atoms with E-state index in [0.717, 1.165) is 37.0 Å². The molecule has 0 aliphatic carbocycles. The number of likely N-dealkylation sites (N-methyl/N-ethyl adjacent to an activating group) is 2. The maximum atomic E-state index is 12.7. The van der Waals surface area contributed by atoms with Crippen LogP contribution < -0.4 is 0 Å². The second kappa shape index (κ2) is 7.90. The van der Waals surface area contributed by atoms with Crippen LogP contribution in [-0.2, 0) is 16.1 Å². The molecule has 7 heteroatoms. The number of halogens is 1. The Bertz CT molecular complexity index is 1470. The van der Waals surface area contributed by atoms with E-state index in [1.54, 1.807) is 6.08 Å². The van der Waals surface area contributed by atoms with Crippen molar-refractivity contribution in [3.8, 4) is 0 Å². The van der Waals surface area contributed by atoms with Gasteiger partial charge in [0.2, 0.25) is 0 Å². The minimum Gasteiger partial charge on any atom is -0.342 e. The number of carbonyl (C=O) groups excluding carboxylic acids is 3. The van der Waals surface area contributed by atoms with Gasteiger partial charge >= 0.3 is 6.03 Å². The highest BCUT2D eigenvalue weighted by Crippen LogP contribution is 2.30. The third-order valence-corrected chi connectivity index (χ3v) is 6.27. The molecule has 1 fully saturated rings. The zero-order valence-electron chi connectivity index (χ0n) is 18.1. The molecule has 0 saturated carbocycles. The lowest BCUT2D eigenvalue weighted by Gasteiger charge is -2.28. The van der Waals surface area contributed by atoms with Crippen molar-refractivity contribution in [3.63, 3.8) is 0 Å². The minimum absolute atomic E-state index is 0.0659. The van der Waals surface area contributed by atoms with Gasteiger partial charge in [-0.2, -0.15) is 0 Å². The summed E-state index contributed by atoms with van der Waals surface area (Å²) in [6.07, 6.45) is 3.45. The summed E-state index contributed by atoms with van der Waals surface area (Å²) in [4.78, 5) is 39.4. The maximum Gasteiger partial charge on any atom is 0.333 e. The molecule has 164 valence electrons. The predicted octanol–water partition coefficient (Wildman–Crippen LogP) is 4.93. The molecule has 6 nitrogen and oxygen atoms in total. The highest BCUT2D eigenvalue weighted by atomic mass is 35.5. The molecule has 5 rings (SSSR count). The van der Waals surface area contributed by atoms with E-state index in [0.29, 0.717) is 17.1 Å². The predicted molar refractivity (Wildman–Crippen MR) is 129 cm³/mol. The van der Waals surface area contributed by atoms with Crippen molar-refractivity contribution >= 4 is 57.2 Å². The Morgan fingerprint density at radius 1 is 0.848 bits per heavy atom. The smallest absolute Gasteiger partial charge is 0.333 e. The summed E-state index contributed by atoms with van der Waals surface area (Å²) < 4.78 is 2.08. The second-order valence-corrected chi connectivity index (χ2v) is 8.52. The van der Waals surface area contributed by atoms with E-state index in [2.05, 4.69) is 28.8 Å². The van der Waals surface area contributed by atoms with Gasteiger partial charge in [0, 0.05) is 48.3 Å². The summed E-state index contributed by atoms with van der Waals surface area (Å²) in [5.74, 6) is -1.25. The van der Waals surface area contributed by atoms with Gasteiger partial charge in [0.1, 0.15) is 5.57 Å². The quantitative estimate of drug-likeness (QED) is 0.323. The first-order chi connectivity index (χ1) is 15.8. The SMILES string of the molecule is CN1C(=O)C(=Cc2cn(Cc3cccc4ccccc34)c3ccc(Cl)cc23)C(=O)N(C)C1=O. The van der Waals surface area contributed by atoms with Gasteiger partial charge in [-0.1, -0.05) is 54.1 Å². The number of rotatable bonds is 3. The van der Waals surface area contributed by atoms with E-state index < -0.39 is 17.8 Å². The lowest BCUT2D eigenvalue weighted by molar-refractivity contribution is -0.134. The van der Waals surface area contributed by atoms with Crippen LogP contribution in [0.5, 0.6) is 0 Å². The Kier molecular flexibility index (Phi) is 5.02. The number of amides is 4. The third kappa shape index (κ3) is 3.49. The standard InChI is InChI=1S/C26H20ClN3O3/c1-28-24(31)22(25(32)29(2)26(28)33)12-18-15-30(23-11-10-19(27)13-21(18)23)14-17-8-5-7-16-6-3-4-9-20(16)17/h3-13,15H,14H2,1-2H3. The molecule has 1 aliphatic heterocycles. The summed E-state index contributed by atoms with van der Waals surface area (Å²) in [5.41, 5.74) is 2.69. The summed E-state index contributed by atoms with van der Waals surface area (Å²) in [5, 5.41) is 3.69. The van der Waals surface area contributed by atoms with Gasteiger partial charge in [0.05, 0.1) is 0 Å². The molecule has 1 saturated heterocycles. The average molecular weight is 458 g/mol. The first kappa shape index (κ1) is 21.0. The molecule has 4 aromatic rings. The number of benzene rings is 3. The molecule has 33 heavy (non-hydrogen) atoms. The number of barbiturate groups is 1. The molecule has 0 spiro atoms. The zero-order valence-corrected chi connectivity index (χ0v) is 18.8. The largest absolute Gasteiger partial charge is 0.342 e. The summed E-state index contributed by atoms with van der Waals surface area (Å²) in [7, 11) is 2.73. The van der Waals surface area contributed by atoms with Gasteiger partial charge in [-0.25, -0.2) is 4.79 Å². The molecule has 0 bridgehead atoms. The minimum atomic E-state index is -0.649. The van der Waals surface area contributed by atoms with Crippen LogP contribution in [0, 0.1) is 0 Å². The van der Waals surface area contributed by atoms with Crippen molar-refractivity contribution < 1.29 is 14.4 Å². The first-order valence-corrected chi connectivity index (χ1v) is 10.8. The number of nitrogens with zero attached hydrogens (tertiary/aromatic N) is 3. The normalized spacial score (nSPS) is 14.6. The lowest BCUT2D eigenvalue weighted by atomic mass is 10.0. The molecule has 3 aromatic carbocycles. The number of aromatic nitrogens is 1. The van der Waals surface area contributed by atoms with Crippen molar-refractivity contribution in [2.24, 2.45) is 0 Å². The van der Waals surface area contributed by atoms with Crippen LogP contribution in [0.25, 0.3) is 27.8 Å². The average Bonchev–Trinajstić information content (AvgIpc) is 3.15. The molecule has 0 N–H and O–H groups in total. The van der Waals surface area contributed by atoms with Crippen molar-refractivity contribution in [2.75, 3.05) is 14.1 Å². The molecule has 0 unspecified atom stereocenters. The van der Waals surface area contributed by atoms with Crippen molar-refractivity contribution in [1.29, 1.82) is 0 Å². The maximum absolute atomic E-state index is 12.7. The van der Waals surface area contributed by atoms with E-state index in [9.17, 15) is 14.4 Å². The highest BCUT2D eigenvalue weighted by Gasteiger charge is 2.38. The topological polar surface area (TPSA) is 62.6 Å². The molecule has 4 amide bonds. The van der Waals surface area contributed by atoms with Crippen LogP contribution in [0.2, 0.25) is 5.02 Å². The van der Waals surface area contributed by atoms with E-state index in [1.165, 1.54) is 14.1 Å². The Balaban J connectivity index is 1.65. The molecule has 1 aliphatic rings. The molecular weight excluding hydrogens is 438 g/mol. The second-order valence-electron chi connectivity index (χ2n) is 8.08. The number of hydrogen-bond donors (Lipinski definition) is 0. The Hall–Kier alpha value is -3.90. The fourth-order valence-electron chi connectivity index (χ4n) is 4.29. The summed E-state index contributed by atoms with van der Waals surface area (Å²) >= 11 is 6.28. The van der Waals surface area contributed by atoms with Gasteiger partial charge in [-0.3, -0.25) is 19.4 Å². The molecular formula is C26H20ClN3O3. The third-order valence-electron chi connectivity index (χ3n) is 6.04. The first-order valence-electron chi connectivity index (χ1n) is 10.4. The van der Waals surface area contributed by atoms with Crippen LogP contribution >= 0.6 is 11.6 Å². The van der Waals surface area contributed by atoms with Crippen molar-refractivity contribution in [2.45, 2.75) is 6.54 Å². The molecule has 1 aromatic heterocycles. The van der Waals surface area contributed by atoms with Crippen molar-refractivity contribution in [1.82, 2.24) is 14.4 Å². The fourth-order valence-corrected chi connectivity index (χ4v) is 4.46.